The van der Waals surface area contributed by atoms with Crippen LogP contribution in [0.5, 0.6) is 5.75 Å². The molecular formula is C24H28N4O2S. The minimum atomic E-state index is -0.0346. The van der Waals surface area contributed by atoms with Crippen molar-refractivity contribution in [2.45, 2.75) is 25.4 Å². The molecule has 0 saturated carbocycles. The first kappa shape index (κ1) is 21.3. The molecule has 2 aromatic heterocycles. The number of hydrogen-bond acceptors (Lipinski definition) is 4. The van der Waals surface area contributed by atoms with Gasteiger partial charge in [0.05, 0.1) is 24.4 Å². The molecule has 3 aromatic rings. The lowest BCUT2D eigenvalue weighted by Gasteiger charge is -2.29. The first-order valence-electron chi connectivity index (χ1n) is 10.6. The molecule has 0 bridgehead atoms. The molecular weight excluding hydrogens is 408 g/mol. The Bertz CT molecular complexity index is 990. The summed E-state index contributed by atoms with van der Waals surface area (Å²) in [4.78, 5) is 6.88. The third-order valence-electron chi connectivity index (χ3n) is 5.45. The van der Waals surface area contributed by atoms with Gasteiger partial charge in [-0.05, 0) is 74.1 Å². The number of thiocarbonyl (C=S) groups is 1. The number of nitrogens with one attached hydrogen (secondary N) is 1. The van der Waals surface area contributed by atoms with Crippen molar-refractivity contribution >= 4 is 17.3 Å². The standard InChI is InChI=1S/C24H28N4O2S/c1-3-30-19-12-10-18(11-13-19)27-15-6-9-21(27)23-22(20-8-4-5-14-25-20)26-24(31)28(23)16-7-17-29-2/h4-6,8-15,22-23H,3,7,16-17H2,1-2H3,(H,26,31)/t22-,23-/m0/s1. The molecule has 2 atom stereocenters. The lowest BCUT2D eigenvalue weighted by atomic mass is 10.0. The second-order valence-electron chi connectivity index (χ2n) is 7.40. The summed E-state index contributed by atoms with van der Waals surface area (Å²) >= 11 is 5.74. The number of methoxy groups -OCH3 is 1. The van der Waals surface area contributed by atoms with Gasteiger partial charge in [0.1, 0.15) is 5.75 Å². The van der Waals surface area contributed by atoms with Crippen molar-refractivity contribution in [2.75, 3.05) is 26.9 Å². The molecule has 1 fully saturated rings. The molecule has 0 amide bonds. The second kappa shape index (κ2) is 9.94. The average molecular weight is 437 g/mol. The molecule has 4 rings (SSSR count). The maximum Gasteiger partial charge on any atom is 0.170 e. The molecule has 1 aromatic carbocycles. The van der Waals surface area contributed by atoms with Crippen LogP contribution in [0.1, 0.15) is 36.8 Å². The Morgan fingerprint density at radius 1 is 1.10 bits per heavy atom. The number of ether oxygens (including phenoxy) is 2. The SMILES string of the molecule is CCOc1ccc(-n2cccc2[C@H]2[C@H](c3ccccn3)NC(=S)N2CCCOC)cc1. The highest BCUT2D eigenvalue weighted by Gasteiger charge is 2.40. The van der Waals surface area contributed by atoms with Crippen LogP contribution in [0.4, 0.5) is 0 Å². The van der Waals surface area contributed by atoms with E-state index in [1.807, 2.05) is 37.4 Å². The Hall–Kier alpha value is -2.90. The van der Waals surface area contributed by atoms with E-state index in [1.165, 1.54) is 0 Å². The molecule has 6 nitrogen and oxygen atoms in total. The highest BCUT2D eigenvalue weighted by Crippen LogP contribution is 2.39. The Labute approximate surface area is 188 Å². The number of aromatic nitrogens is 2. The highest BCUT2D eigenvalue weighted by molar-refractivity contribution is 7.80. The van der Waals surface area contributed by atoms with E-state index < -0.39 is 0 Å². The average Bonchev–Trinajstić information content (AvgIpc) is 3.40. The minimum absolute atomic E-state index is 0.0147. The quantitative estimate of drug-likeness (QED) is 0.399. The molecule has 1 aliphatic heterocycles. The van der Waals surface area contributed by atoms with Gasteiger partial charge in [-0.25, -0.2) is 0 Å². The Kier molecular flexibility index (Phi) is 6.84. The number of pyridine rings is 1. The van der Waals surface area contributed by atoms with Crippen LogP contribution in [0.3, 0.4) is 0 Å². The zero-order valence-corrected chi connectivity index (χ0v) is 18.7. The van der Waals surface area contributed by atoms with Gasteiger partial charge in [-0.3, -0.25) is 4.98 Å². The van der Waals surface area contributed by atoms with Crippen LogP contribution >= 0.6 is 12.2 Å². The summed E-state index contributed by atoms with van der Waals surface area (Å²) in [6.45, 7) is 4.15. The van der Waals surface area contributed by atoms with Gasteiger partial charge in [0.2, 0.25) is 0 Å². The van der Waals surface area contributed by atoms with Crippen molar-refractivity contribution in [1.29, 1.82) is 0 Å². The zero-order chi connectivity index (χ0) is 21.6. The van der Waals surface area contributed by atoms with E-state index in [0.29, 0.717) is 13.2 Å². The molecule has 0 unspecified atom stereocenters. The fourth-order valence-corrected chi connectivity index (χ4v) is 4.42. The maximum absolute atomic E-state index is 5.74. The van der Waals surface area contributed by atoms with Crippen LogP contribution in [-0.4, -0.2) is 46.4 Å². The van der Waals surface area contributed by atoms with Gasteiger partial charge >= 0.3 is 0 Å². The second-order valence-corrected chi connectivity index (χ2v) is 7.78. The van der Waals surface area contributed by atoms with Gasteiger partial charge in [-0.2, -0.15) is 0 Å². The third-order valence-corrected chi connectivity index (χ3v) is 5.81. The van der Waals surface area contributed by atoms with Gasteiger partial charge in [0.25, 0.3) is 0 Å². The summed E-state index contributed by atoms with van der Waals surface area (Å²) in [5.41, 5.74) is 3.21. The summed E-state index contributed by atoms with van der Waals surface area (Å²) in [5.74, 6) is 0.872. The van der Waals surface area contributed by atoms with Crippen molar-refractivity contribution in [3.8, 4) is 11.4 Å². The van der Waals surface area contributed by atoms with E-state index in [4.69, 9.17) is 21.7 Å². The van der Waals surface area contributed by atoms with E-state index in [0.717, 1.165) is 40.9 Å². The first-order valence-corrected chi connectivity index (χ1v) is 11.0. The van der Waals surface area contributed by atoms with E-state index in [9.17, 15) is 0 Å². The van der Waals surface area contributed by atoms with Crippen molar-refractivity contribution < 1.29 is 9.47 Å². The Morgan fingerprint density at radius 2 is 1.94 bits per heavy atom. The van der Waals surface area contributed by atoms with Crippen molar-refractivity contribution in [2.24, 2.45) is 0 Å². The predicted molar refractivity (Wildman–Crippen MR) is 126 cm³/mol. The minimum Gasteiger partial charge on any atom is -0.494 e. The van der Waals surface area contributed by atoms with E-state index in [1.54, 1.807) is 7.11 Å². The van der Waals surface area contributed by atoms with Gasteiger partial charge in [0.15, 0.2) is 5.11 Å². The summed E-state index contributed by atoms with van der Waals surface area (Å²) in [6, 6.07) is 18.4. The lowest BCUT2D eigenvalue weighted by molar-refractivity contribution is 0.180. The topological polar surface area (TPSA) is 51.5 Å². The van der Waals surface area contributed by atoms with E-state index in [2.05, 4.69) is 56.3 Å². The molecule has 1 saturated heterocycles. The molecule has 1 aliphatic rings. The van der Waals surface area contributed by atoms with Crippen LogP contribution in [-0.2, 0) is 4.74 Å². The zero-order valence-electron chi connectivity index (χ0n) is 17.9. The van der Waals surface area contributed by atoms with Gasteiger partial charge in [0, 0.05) is 44.0 Å². The first-order chi connectivity index (χ1) is 15.2. The maximum atomic E-state index is 5.74. The number of benzene rings is 1. The van der Waals surface area contributed by atoms with Crippen LogP contribution in [0, 0.1) is 0 Å². The lowest BCUT2D eigenvalue weighted by Crippen LogP contribution is -2.32. The normalized spacial score (nSPS) is 18.3. The number of nitrogens with zero attached hydrogens (tertiary/aromatic N) is 3. The monoisotopic (exact) mass is 436 g/mol. The van der Waals surface area contributed by atoms with Gasteiger partial charge < -0.3 is 24.3 Å². The molecule has 0 radical (unpaired) electrons. The number of hydrogen-bond donors (Lipinski definition) is 1. The van der Waals surface area contributed by atoms with Crippen LogP contribution in [0.2, 0.25) is 0 Å². The number of rotatable bonds is 9. The molecule has 162 valence electrons. The Morgan fingerprint density at radius 3 is 2.65 bits per heavy atom. The molecule has 1 N–H and O–H groups in total. The largest absolute Gasteiger partial charge is 0.494 e. The highest BCUT2D eigenvalue weighted by atomic mass is 32.1. The van der Waals surface area contributed by atoms with Crippen molar-refractivity contribution in [3.05, 3.63) is 78.4 Å². The van der Waals surface area contributed by atoms with E-state index in [-0.39, 0.29) is 12.1 Å². The fourth-order valence-electron chi connectivity index (χ4n) is 4.09. The summed E-state index contributed by atoms with van der Waals surface area (Å²) in [7, 11) is 1.73. The van der Waals surface area contributed by atoms with Crippen LogP contribution < -0.4 is 10.1 Å². The molecule has 0 aliphatic carbocycles. The van der Waals surface area contributed by atoms with Gasteiger partial charge in [-0.15, -0.1) is 0 Å². The molecule has 0 spiro atoms. The summed E-state index contributed by atoms with van der Waals surface area (Å²) in [6.07, 6.45) is 4.82. The third kappa shape index (κ3) is 4.57. The van der Waals surface area contributed by atoms with Crippen LogP contribution in [0.15, 0.2) is 67.0 Å². The molecule has 7 heteroatoms. The fraction of sp³-hybridized carbons (Fsp3) is 0.333. The van der Waals surface area contributed by atoms with E-state index >= 15 is 0 Å². The summed E-state index contributed by atoms with van der Waals surface area (Å²) in [5, 5.41) is 4.26. The van der Waals surface area contributed by atoms with Crippen LogP contribution in [0.25, 0.3) is 5.69 Å². The van der Waals surface area contributed by atoms with Gasteiger partial charge in [-0.1, -0.05) is 6.07 Å². The smallest absolute Gasteiger partial charge is 0.170 e. The molecule has 3 heterocycles. The Balaban J connectivity index is 1.71. The molecule has 31 heavy (non-hydrogen) atoms. The summed E-state index contributed by atoms with van der Waals surface area (Å²) < 4.78 is 13.1. The van der Waals surface area contributed by atoms with Crippen molar-refractivity contribution in [1.82, 2.24) is 19.8 Å². The predicted octanol–water partition coefficient (Wildman–Crippen LogP) is 4.28. The van der Waals surface area contributed by atoms with Crippen molar-refractivity contribution in [3.63, 3.8) is 0 Å².